The first-order valence-corrected chi connectivity index (χ1v) is 36.4. The number of rotatable bonds is 0. The third-order valence-electron chi connectivity index (χ3n) is 20.9. The van der Waals surface area contributed by atoms with E-state index in [2.05, 4.69) is 0 Å². The van der Waals surface area contributed by atoms with Crippen molar-refractivity contribution in [2.75, 3.05) is 39.8 Å². The summed E-state index contributed by atoms with van der Waals surface area (Å²) >= 11 is 0. The first-order valence-electron chi connectivity index (χ1n) is 36.4. The molecule has 20 rings (SSSR count). The maximum absolute atomic E-state index is 11.4. The van der Waals surface area contributed by atoms with Gasteiger partial charge in [0.25, 0.3) is 0 Å². The second-order valence-electron chi connectivity index (χ2n) is 25.6. The number of esters is 7. The van der Waals surface area contributed by atoms with Gasteiger partial charge in [0.1, 0.15) is 12.2 Å². The molecule has 19 nitrogen and oxygen atoms in total. The first kappa shape index (κ1) is 75.1. The molecule has 14 saturated heterocycles. The van der Waals surface area contributed by atoms with Gasteiger partial charge < -0.3 is 56.8 Å². The largest absolute Gasteiger partial charge is 0.465 e. The minimum atomic E-state index is -0.326. The zero-order valence-electron chi connectivity index (χ0n) is 57.5. The maximum atomic E-state index is 11.4. The van der Waals surface area contributed by atoms with E-state index in [0.29, 0.717) is 80.6 Å². The summed E-state index contributed by atoms with van der Waals surface area (Å²) in [4.78, 5) is 77.6. The fourth-order valence-corrected chi connectivity index (χ4v) is 17.4. The first-order chi connectivity index (χ1) is 43.9. The molecule has 0 amide bonds. The summed E-state index contributed by atoms with van der Waals surface area (Å²) in [7, 11) is 0. The van der Waals surface area contributed by atoms with Crippen molar-refractivity contribution in [2.24, 2.45) is 88.8 Å². The second-order valence-corrected chi connectivity index (χ2v) is 25.6. The molecule has 516 valence electrons. The average Bonchev–Trinajstić information content (AvgIpc) is 1.81. The number of cyclic esters (lactones) is 5. The van der Waals surface area contributed by atoms with E-state index in [1.807, 2.05) is 96.9 Å². The summed E-state index contributed by atoms with van der Waals surface area (Å²) in [6, 6.07) is 0. The minimum absolute atomic E-state index is 0.0257. The SMILES string of the molecule is CC.CC.CC.CC.CC.CC.CC.O=C1CC2OC3OCOC3C2O1.O=C1OC2CC3CC(C2)CC1C3.O=C1OCC2C3CCC(O3)C12.O=C1OCC2CC3CC1C2C3.O=C1OCC2CC3CC1C2O3.O=C1OCC2CCCC12.O=C1OCC2CCCC1C2. The van der Waals surface area contributed by atoms with Crippen LogP contribution in [0.2, 0.25) is 0 Å². The average molecular weight is 1280 g/mol. The standard InChI is InChI=1S/C10H14O2.C9H12O2.2C8H10O3.C8H12O2.C7H8O5.C7H10O2.7C2H6/c11-10-8-2-6-1-7(3-8)5-9(4-6)12-10;10-9-8-3-5-1-6(4-11-9)7(8)2-5;9-8-6-2-5-1-4(3-10-8)7(6)11-5;9-8-7-4(3-10-8)5-1-2-6(7)11-5;9-8-7-3-1-2-6(4-7)5-10-8;8-4-1-3-5(12-4)6-7(11-3)10-2-9-6;8-7-6-3-1-2-5(6)4-9-7;7*1-2/h6-9H,1-5H2;5-8H,1-4H2;2*4-7H,1-3H2;6-7H,1-5H2;3,5-7H,1-2H2;5-6H,1-4H2;7*1-2H3. The van der Waals surface area contributed by atoms with Crippen LogP contribution in [0.4, 0.5) is 0 Å². The number of hydrogen-bond acceptors (Lipinski definition) is 19. The monoisotopic (exact) mass is 1270 g/mol. The van der Waals surface area contributed by atoms with Crippen LogP contribution in [-0.4, -0.2) is 137 Å². The van der Waals surface area contributed by atoms with Crippen molar-refractivity contribution in [3.8, 4) is 0 Å². The molecule has 90 heavy (non-hydrogen) atoms. The van der Waals surface area contributed by atoms with E-state index in [1.165, 1.54) is 44.9 Å². The highest BCUT2D eigenvalue weighted by Crippen LogP contribution is 2.55. The van der Waals surface area contributed by atoms with Crippen LogP contribution in [-0.2, 0) is 90.4 Å². The summed E-state index contributed by atoms with van der Waals surface area (Å²) < 4.78 is 62.4. The lowest BCUT2D eigenvalue weighted by atomic mass is 9.68. The van der Waals surface area contributed by atoms with Crippen molar-refractivity contribution >= 4 is 41.8 Å². The predicted molar refractivity (Wildman–Crippen MR) is 335 cm³/mol. The smallest absolute Gasteiger partial charge is 0.312 e. The normalized spacial score (nSPS) is 41.7. The molecule has 22 atom stereocenters. The predicted octanol–water partition coefficient (Wildman–Crippen LogP) is 12.5. The molecule has 20 fully saturated rings. The summed E-state index contributed by atoms with van der Waals surface area (Å²) in [5.74, 6) is 7.39. The van der Waals surface area contributed by atoms with E-state index < -0.39 is 0 Å². The molecular formula is C71H118O19. The van der Waals surface area contributed by atoms with E-state index in [4.69, 9.17) is 56.8 Å². The van der Waals surface area contributed by atoms with Crippen LogP contribution in [0.25, 0.3) is 0 Å². The van der Waals surface area contributed by atoms with Gasteiger partial charge in [-0.05, 0) is 145 Å². The summed E-state index contributed by atoms with van der Waals surface area (Å²) in [6.07, 6.45) is 22.8. The topological polar surface area (TPSA) is 230 Å². The summed E-state index contributed by atoms with van der Waals surface area (Å²) in [5.41, 5.74) is 0. The Labute approximate surface area is 539 Å². The maximum Gasteiger partial charge on any atom is 0.312 e. The minimum Gasteiger partial charge on any atom is -0.465 e. The molecule has 6 aliphatic carbocycles. The Morgan fingerprint density at radius 2 is 0.933 bits per heavy atom. The van der Waals surface area contributed by atoms with E-state index in [0.717, 1.165) is 107 Å². The molecule has 0 radical (unpaired) electrons. The van der Waals surface area contributed by atoms with Gasteiger partial charge >= 0.3 is 41.8 Å². The Kier molecular flexibility index (Phi) is 31.1. The van der Waals surface area contributed by atoms with Gasteiger partial charge in [-0.2, -0.15) is 0 Å². The van der Waals surface area contributed by atoms with Crippen molar-refractivity contribution in [1.29, 1.82) is 0 Å². The highest BCUT2D eigenvalue weighted by molar-refractivity contribution is 5.77. The number of carbonyl (C=O) groups is 7. The number of ether oxygens (including phenoxy) is 12. The quantitative estimate of drug-likeness (QED) is 0.162. The van der Waals surface area contributed by atoms with Crippen LogP contribution >= 0.6 is 0 Å². The molecule has 0 aromatic carbocycles. The molecule has 14 heterocycles. The van der Waals surface area contributed by atoms with Gasteiger partial charge in [0.05, 0.1) is 99.4 Å². The van der Waals surface area contributed by atoms with Crippen molar-refractivity contribution < 1.29 is 90.4 Å². The number of hydrogen-bond donors (Lipinski definition) is 0. The molecule has 6 saturated carbocycles. The van der Waals surface area contributed by atoms with Gasteiger partial charge in [-0.25, -0.2) is 0 Å². The van der Waals surface area contributed by atoms with Crippen LogP contribution in [0.15, 0.2) is 0 Å². The number of carbonyl (C=O) groups excluding carboxylic acids is 7. The van der Waals surface area contributed by atoms with Crippen LogP contribution < -0.4 is 0 Å². The molecule has 20 aliphatic rings. The lowest BCUT2D eigenvalue weighted by Crippen LogP contribution is -2.41. The van der Waals surface area contributed by atoms with Crippen LogP contribution in [0.5, 0.6) is 0 Å². The van der Waals surface area contributed by atoms with Crippen LogP contribution in [0, 0.1) is 88.8 Å². The van der Waals surface area contributed by atoms with Crippen LogP contribution in [0.1, 0.15) is 225 Å². The second kappa shape index (κ2) is 37.3. The highest BCUT2D eigenvalue weighted by atomic mass is 16.8. The summed E-state index contributed by atoms with van der Waals surface area (Å²) in [6.45, 7) is 31.5. The molecule has 0 spiro atoms. The van der Waals surface area contributed by atoms with E-state index in [-0.39, 0.29) is 121 Å². The molecule has 0 aromatic rings. The molecule has 19 heteroatoms. The van der Waals surface area contributed by atoms with E-state index >= 15 is 0 Å². The molecule has 0 aromatic heterocycles. The fourth-order valence-electron chi connectivity index (χ4n) is 17.4. The Bertz CT molecular complexity index is 2180. The van der Waals surface area contributed by atoms with Crippen LogP contribution in [0.3, 0.4) is 0 Å². The Hall–Kier alpha value is -3.91. The van der Waals surface area contributed by atoms with Crippen molar-refractivity contribution in [1.82, 2.24) is 0 Å². The van der Waals surface area contributed by atoms with Gasteiger partial charge in [0.2, 0.25) is 0 Å². The van der Waals surface area contributed by atoms with Gasteiger partial charge in [-0.1, -0.05) is 110 Å². The van der Waals surface area contributed by atoms with Crippen molar-refractivity contribution in [3.63, 3.8) is 0 Å². The Morgan fingerprint density at radius 3 is 1.57 bits per heavy atom. The Morgan fingerprint density at radius 1 is 0.333 bits per heavy atom. The third-order valence-corrected chi connectivity index (χ3v) is 20.9. The van der Waals surface area contributed by atoms with Gasteiger partial charge in [0, 0.05) is 17.8 Å². The number of fused-ring (bicyclic) bond motifs is 14. The molecule has 0 N–H and O–H groups in total. The third kappa shape index (κ3) is 17.9. The Balaban J connectivity index is 0.000000162. The highest BCUT2D eigenvalue weighted by Gasteiger charge is 2.58. The van der Waals surface area contributed by atoms with Gasteiger partial charge in [0.15, 0.2) is 25.3 Å². The zero-order chi connectivity index (χ0) is 65.8. The van der Waals surface area contributed by atoms with Gasteiger partial charge in [-0.15, -0.1) is 0 Å². The lowest BCUT2D eigenvalue weighted by molar-refractivity contribution is -0.161. The zero-order valence-corrected chi connectivity index (χ0v) is 57.5. The van der Waals surface area contributed by atoms with Crippen molar-refractivity contribution in [2.45, 2.75) is 280 Å². The molecule has 12 bridgehead atoms. The molecule has 22 unspecified atom stereocenters. The van der Waals surface area contributed by atoms with Gasteiger partial charge in [-0.3, -0.25) is 33.6 Å². The molecule has 14 aliphatic heterocycles. The van der Waals surface area contributed by atoms with E-state index in [9.17, 15) is 33.6 Å². The summed E-state index contributed by atoms with van der Waals surface area (Å²) in [5, 5.41) is 0. The van der Waals surface area contributed by atoms with Crippen molar-refractivity contribution in [3.05, 3.63) is 0 Å². The lowest BCUT2D eigenvalue weighted by Gasteiger charge is -2.35. The van der Waals surface area contributed by atoms with E-state index in [1.54, 1.807) is 0 Å². The fraction of sp³-hybridized carbons (Fsp3) is 0.901. The molecular weight excluding hydrogens is 1160 g/mol.